The van der Waals surface area contributed by atoms with Gasteiger partial charge >= 0.3 is 0 Å². The lowest BCUT2D eigenvalue weighted by atomic mass is 10.3. The lowest BCUT2D eigenvalue weighted by molar-refractivity contribution is -0.118. The molecule has 0 fully saturated rings. The van der Waals surface area contributed by atoms with Crippen molar-refractivity contribution >= 4 is 23.6 Å². The Morgan fingerprint density at radius 3 is 3.00 bits per heavy atom. The molecular formula is C11H17N5OS. The first-order chi connectivity index (χ1) is 8.66. The number of aromatic amines is 1. The number of thioether (sulfide) groups is 1. The summed E-state index contributed by atoms with van der Waals surface area (Å²) in [6, 6.07) is -0.201. The van der Waals surface area contributed by atoms with Gasteiger partial charge in [0, 0.05) is 23.7 Å². The van der Waals surface area contributed by atoms with Crippen LogP contribution in [0.15, 0.2) is 11.3 Å². The van der Waals surface area contributed by atoms with E-state index in [9.17, 15) is 4.79 Å². The van der Waals surface area contributed by atoms with Gasteiger partial charge in [0.1, 0.15) is 6.04 Å². The maximum Gasteiger partial charge on any atom is 0.271 e. The predicted molar refractivity (Wildman–Crippen MR) is 72.5 cm³/mol. The number of hydrogen-bond donors (Lipinski definition) is 3. The Bertz CT molecular complexity index is 456. The van der Waals surface area contributed by atoms with Crippen LogP contribution in [-0.4, -0.2) is 40.2 Å². The monoisotopic (exact) mass is 267 g/mol. The van der Waals surface area contributed by atoms with Crippen LogP contribution in [0.3, 0.4) is 0 Å². The van der Waals surface area contributed by atoms with Crippen molar-refractivity contribution in [2.24, 2.45) is 4.99 Å². The first-order valence-corrected chi connectivity index (χ1v) is 7.02. The van der Waals surface area contributed by atoms with Crippen molar-refractivity contribution in [3.63, 3.8) is 0 Å². The first-order valence-electron chi connectivity index (χ1n) is 5.86. The Labute approximate surface area is 110 Å². The summed E-state index contributed by atoms with van der Waals surface area (Å²) in [5.74, 6) is 2.34. The molecule has 0 saturated heterocycles. The number of nitrogens with one attached hydrogen (secondary N) is 3. The number of aryl methyl sites for hydroxylation is 1. The summed E-state index contributed by atoms with van der Waals surface area (Å²) in [6.45, 7) is 4.58. The molecule has 1 atom stereocenters. The summed E-state index contributed by atoms with van der Waals surface area (Å²) in [6.07, 6.45) is 1.72. The lowest BCUT2D eigenvalue weighted by Gasteiger charge is -2.07. The molecule has 1 aromatic heterocycles. The minimum absolute atomic E-state index is 0.113. The lowest BCUT2D eigenvalue weighted by Crippen LogP contribution is -2.39. The fourth-order valence-electron chi connectivity index (χ4n) is 1.55. The van der Waals surface area contributed by atoms with Crippen molar-refractivity contribution in [1.29, 1.82) is 0 Å². The van der Waals surface area contributed by atoms with Crippen LogP contribution in [-0.2, 0) is 10.5 Å². The van der Waals surface area contributed by atoms with E-state index in [0.717, 1.165) is 23.7 Å². The first kappa shape index (κ1) is 12.9. The zero-order valence-electron chi connectivity index (χ0n) is 10.5. The summed E-state index contributed by atoms with van der Waals surface area (Å²) in [4.78, 5) is 22.3. The van der Waals surface area contributed by atoms with Gasteiger partial charge in [-0.25, -0.2) is 4.98 Å². The van der Waals surface area contributed by atoms with E-state index in [1.54, 1.807) is 13.3 Å². The Morgan fingerprint density at radius 2 is 2.39 bits per heavy atom. The molecule has 1 unspecified atom stereocenters. The number of rotatable bonds is 5. The van der Waals surface area contributed by atoms with Crippen molar-refractivity contribution in [1.82, 2.24) is 20.6 Å². The molecule has 0 bridgehead atoms. The molecule has 2 heterocycles. The molecule has 1 aromatic rings. The molecule has 18 heavy (non-hydrogen) atoms. The smallest absolute Gasteiger partial charge is 0.271 e. The molecule has 98 valence electrons. The third kappa shape index (κ3) is 3.25. The topological polar surface area (TPSA) is 82.2 Å². The number of hydrogen-bond acceptors (Lipinski definition) is 5. The van der Waals surface area contributed by atoms with Gasteiger partial charge in [-0.2, -0.15) is 16.8 Å². The molecule has 2 rings (SSSR count). The normalized spacial score (nSPS) is 18.7. The van der Waals surface area contributed by atoms with Gasteiger partial charge in [0.2, 0.25) is 0 Å². The van der Waals surface area contributed by atoms with Gasteiger partial charge in [0.15, 0.2) is 5.96 Å². The number of aliphatic imine (C=N–C) groups is 1. The second-order valence-electron chi connectivity index (χ2n) is 4.11. The number of amides is 1. The van der Waals surface area contributed by atoms with E-state index in [2.05, 4.69) is 25.6 Å². The zero-order chi connectivity index (χ0) is 13.0. The molecule has 1 amide bonds. The standard InChI is InChI=1S/C11H17N5OS/c1-7-9(14-6-13-7)5-18-4-3-12-11-15-8(2)10(17)16-11/h6,8H,3-5H2,1-2H3,(H,13,14)(H2,12,15,16,17). The van der Waals surface area contributed by atoms with E-state index in [1.807, 2.05) is 18.7 Å². The van der Waals surface area contributed by atoms with Crippen molar-refractivity contribution < 1.29 is 4.79 Å². The number of imidazole rings is 1. The Morgan fingerprint density at radius 1 is 1.56 bits per heavy atom. The summed E-state index contributed by atoms with van der Waals surface area (Å²) in [7, 11) is 0. The molecule has 0 radical (unpaired) electrons. The van der Waals surface area contributed by atoms with Crippen LogP contribution in [0.4, 0.5) is 0 Å². The van der Waals surface area contributed by atoms with Crippen molar-refractivity contribution in [2.75, 3.05) is 12.3 Å². The molecule has 3 N–H and O–H groups in total. The van der Waals surface area contributed by atoms with Crippen molar-refractivity contribution in [3.05, 3.63) is 17.7 Å². The highest BCUT2D eigenvalue weighted by Gasteiger charge is 2.20. The van der Waals surface area contributed by atoms with Gasteiger partial charge in [0.05, 0.1) is 12.0 Å². The SMILES string of the molecule is Cc1nc[nH]c1CSCCNC1=NC(=O)C(C)N1. The molecule has 6 nitrogen and oxygen atoms in total. The molecule has 7 heteroatoms. The number of aromatic nitrogens is 2. The molecule has 0 saturated carbocycles. The summed E-state index contributed by atoms with van der Waals surface area (Å²) < 4.78 is 0. The summed E-state index contributed by atoms with van der Waals surface area (Å²) in [5, 5.41) is 6.09. The Kier molecular flexibility index (Phi) is 4.24. The molecule has 0 aliphatic carbocycles. The minimum atomic E-state index is -0.201. The minimum Gasteiger partial charge on any atom is -0.355 e. The van der Waals surface area contributed by atoms with E-state index in [0.29, 0.717) is 5.96 Å². The fourth-order valence-corrected chi connectivity index (χ4v) is 2.44. The van der Waals surface area contributed by atoms with E-state index < -0.39 is 0 Å². The number of carbonyl (C=O) groups excluding carboxylic acids is 1. The highest BCUT2D eigenvalue weighted by molar-refractivity contribution is 7.98. The fraction of sp³-hybridized carbons (Fsp3) is 0.545. The average molecular weight is 267 g/mol. The van der Waals surface area contributed by atoms with Crippen LogP contribution in [0.2, 0.25) is 0 Å². The summed E-state index contributed by atoms with van der Waals surface area (Å²) >= 11 is 1.81. The number of carbonyl (C=O) groups is 1. The van der Waals surface area contributed by atoms with Crippen molar-refractivity contribution in [3.8, 4) is 0 Å². The van der Waals surface area contributed by atoms with Crippen LogP contribution in [0.25, 0.3) is 0 Å². The zero-order valence-corrected chi connectivity index (χ0v) is 11.3. The molecule has 1 aliphatic heterocycles. The van der Waals surface area contributed by atoms with Gasteiger partial charge < -0.3 is 15.6 Å². The van der Waals surface area contributed by atoms with Gasteiger partial charge in [-0.15, -0.1) is 0 Å². The average Bonchev–Trinajstić information content (AvgIpc) is 2.87. The third-order valence-corrected chi connectivity index (χ3v) is 3.65. The van der Waals surface area contributed by atoms with Crippen LogP contribution in [0.1, 0.15) is 18.3 Å². The Balaban J connectivity index is 1.61. The number of H-pyrrole nitrogens is 1. The van der Waals surface area contributed by atoms with Crippen LogP contribution in [0, 0.1) is 6.92 Å². The van der Waals surface area contributed by atoms with Crippen molar-refractivity contribution in [2.45, 2.75) is 25.6 Å². The highest BCUT2D eigenvalue weighted by atomic mass is 32.2. The van der Waals surface area contributed by atoms with Crippen LogP contribution < -0.4 is 10.6 Å². The number of guanidine groups is 1. The van der Waals surface area contributed by atoms with Crippen LogP contribution >= 0.6 is 11.8 Å². The van der Waals surface area contributed by atoms with E-state index in [-0.39, 0.29) is 11.9 Å². The van der Waals surface area contributed by atoms with Gasteiger partial charge in [-0.3, -0.25) is 4.79 Å². The van der Waals surface area contributed by atoms with E-state index in [4.69, 9.17) is 0 Å². The number of nitrogens with zero attached hydrogens (tertiary/aromatic N) is 2. The van der Waals surface area contributed by atoms with Gasteiger partial charge in [-0.1, -0.05) is 0 Å². The van der Waals surface area contributed by atoms with Crippen LogP contribution in [0.5, 0.6) is 0 Å². The second kappa shape index (κ2) is 5.90. The predicted octanol–water partition coefficient (Wildman–Crippen LogP) is 0.415. The third-order valence-electron chi connectivity index (χ3n) is 2.66. The highest BCUT2D eigenvalue weighted by Crippen LogP contribution is 2.11. The molecule has 0 spiro atoms. The van der Waals surface area contributed by atoms with Gasteiger partial charge in [0.25, 0.3) is 5.91 Å². The molecule has 1 aliphatic rings. The maximum atomic E-state index is 11.2. The van der Waals surface area contributed by atoms with E-state index in [1.165, 1.54) is 5.69 Å². The maximum absolute atomic E-state index is 11.2. The molecular weight excluding hydrogens is 250 g/mol. The Hall–Kier alpha value is -1.50. The second-order valence-corrected chi connectivity index (χ2v) is 5.22. The largest absolute Gasteiger partial charge is 0.355 e. The molecule has 0 aromatic carbocycles. The summed E-state index contributed by atoms with van der Waals surface area (Å²) in [5.41, 5.74) is 2.22. The van der Waals surface area contributed by atoms with E-state index >= 15 is 0 Å². The quantitative estimate of drug-likeness (QED) is 0.673. The van der Waals surface area contributed by atoms with Gasteiger partial charge in [-0.05, 0) is 13.8 Å².